The molecule has 2 aromatic heterocycles. The number of nitrogens with zero attached hydrogens (tertiary/aromatic N) is 3. The first-order valence-electron chi connectivity index (χ1n) is 6.60. The molecule has 2 heterocycles. The minimum absolute atomic E-state index is 0.0130. The van der Waals surface area contributed by atoms with Gasteiger partial charge in [0.2, 0.25) is 0 Å². The first-order chi connectivity index (χ1) is 10.2. The smallest absolute Gasteiger partial charge is 0.354 e. The van der Waals surface area contributed by atoms with Crippen LogP contribution in [0, 0.1) is 0 Å². The predicted octanol–water partition coefficient (Wildman–Crippen LogP) is 2.89. The Morgan fingerprint density at radius 3 is 2.90 bits per heavy atom. The lowest BCUT2D eigenvalue weighted by Gasteiger charge is -2.09. The van der Waals surface area contributed by atoms with Crippen LogP contribution in [0.1, 0.15) is 17.4 Å². The molecule has 0 radical (unpaired) electrons. The lowest BCUT2D eigenvalue weighted by atomic mass is 10.1. The van der Waals surface area contributed by atoms with Gasteiger partial charge in [-0.25, -0.2) is 9.78 Å². The minimum Gasteiger partial charge on any atom is -0.477 e. The van der Waals surface area contributed by atoms with Crippen LogP contribution < -0.4 is 5.32 Å². The number of carbonyl (C=O) groups is 1. The second-order valence-electron chi connectivity index (χ2n) is 4.59. The first kappa shape index (κ1) is 13.1. The molecule has 0 saturated carbocycles. The fourth-order valence-corrected chi connectivity index (χ4v) is 2.14. The quantitative estimate of drug-likeness (QED) is 0.769. The maximum Gasteiger partial charge on any atom is 0.354 e. The van der Waals surface area contributed by atoms with E-state index in [0.29, 0.717) is 11.2 Å². The van der Waals surface area contributed by atoms with E-state index in [9.17, 15) is 9.90 Å². The van der Waals surface area contributed by atoms with E-state index in [1.807, 2.05) is 31.3 Å². The minimum atomic E-state index is -1.05. The summed E-state index contributed by atoms with van der Waals surface area (Å²) in [5.41, 5.74) is 2.17. The zero-order chi connectivity index (χ0) is 14.8. The molecule has 0 bridgehead atoms. The average molecular weight is 282 g/mol. The molecule has 0 amide bonds. The van der Waals surface area contributed by atoms with Crippen molar-refractivity contribution in [3.8, 4) is 0 Å². The number of nitrogens with one attached hydrogen (secondary N) is 1. The Hall–Kier alpha value is -2.89. The Balaban J connectivity index is 2.09. The summed E-state index contributed by atoms with van der Waals surface area (Å²) >= 11 is 0. The standard InChI is InChI=1S/C15H14N4O2/c1-2-19-9-10(8-16-19)17-13-7-14(15(20)21)18-12-6-4-3-5-11(12)13/h3-9H,2H2,1H3,(H,17,18)(H,20,21). The van der Waals surface area contributed by atoms with Crippen molar-refractivity contribution in [2.45, 2.75) is 13.5 Å². The maximum atomic E-state index is 11.2. The van der Waals surface area contributed by atoms with Gasteiger partial charge in [0.15, 0.2) is 5.69 Å². The molecule has 0 spiro atoms. The van der Waals surface area contributed by atoms with Crippen molar-refractivity contribution < 1.29 is 9.90 Å². The molecule has 0 unspecified atom stereocenters. The van der Waals surface area contributed by atoms with Gasteiger partial charge in [0.25, 0.3) is 0 Å². The van der Waals surface area contributed by atoms with Gasteiger partial charge in [-0.15, -0.1) is 0 Å². The largest absolute Gasteiger partial charge is 0.477 e. The molecular formula is C15H14N4O2. The van der Waals surface area contributed by atoms with Crippen LogP contribution in [0.2, 0.25) is 0 Å². The first-order valence-corrected chi connectivity index (χ1v) is 6.60. The molecule has 3 aromatic rings. The van der Waals surface area contributed by atoms with Gasteiger partial charge < -0.3 is 10.4 Å². The number of anilines is 2. The Bertz CT molecular complexity index is 810. The predicted molar refractivity (Wildman–Crippen MR) is 79.9 cm³/mol. The maximum absolute atomic E-state index is 11.2. The van der Waals surface area contributed by atoms with Crippen molar-refractivity contribution in [1.82, 2.24) is 14.8 Å². The third-order valence-electron chi connectivity index (χ3n) is 3.17. The third kappa shape index (κ3) is 2.55. The lowest BCUT2D eigenvalue weighted by Crippen LogP contribution is -2.02. The summed E-state index contributed by atoms with van der Waals surface area (Å²) in [6, 6.07) is 8.96. The summed E-state index contributed by atoms with van der Waals surface area (Å²) in [6.07, 6.45) is 3.58. The van der Waals surface area contributed by atoms with Crippen LogP contribution in [-0.4, -0.2) is 25.8 Å². The molecule has 0 aliphatic rings. The number of para-hydroxylation sites is 1. The summed E-state index contributed by atoms with van der Waals surface area (Å²) in [5, 5.41) is 17.4. The van der Waals surface area contributed by atoms with E-state index in [1.165, 1.54) is 6.07 Å². The van der Waals surface area contributed by atoms with Crippen molar-refractivity contribution >= 4 is 28.2 Å². The fourth-order valence-electron chi connectivity index (χ4n) is 2.14. The monoisotopic (exact) mass is 282 g/mol. The molecule has 6 heteroatoms. The molecule has 0 aliphatic carbocycles. The van der Waals surface area contributed by atoms with E-state index < -0.39 is 5.97 Å². The lowest BCUT2D eigenvalue weighted by molar-refractivity contribution is 0.0691. The molecule has 1 aromatic carbocycles. The number of benzene rings is 1. The van der Waals surface area contributed by atoms with Gasteiger partial charge >= 0.3 is 5.97 Å². The molecule has 106 valence electrons. The molecule has 0 saturated heterocycles. The number of carboxylic acid groups (broad SMARTS) is 1. The van der Waals surface area contributed by atoms with Gasteiger partial charge in [0.05, 0.1) is 23.1 Å². The van der Waals surface area contributed by atoms with Crippen LogP contribution in [0.15, 0.2) is 42.7 Å². The number of aryl methyl sites for hydroxylation is 1. The number of rotatable bonds is 4. The number of carboxylic acids is 1. The molecule has 0 aliphatic heterocycles. The highest BCUT2D eigenvalue weighted by molar-refractivity contribution is 5.98. The average Bonchev–Trinajstić information content (AvgIpc) is 2.94. The van der Waals surface area contributed by atoms with Crippen molar-refractivity contribution in [2.24, 2.45) is 0 Å². The topological polar surface area (TPSA) is 80.0 Å². The summed E-state index contributed by atoms with van der Waals surface area (Å²) in [7, 11) is 0. The number of aromatic nitrogens is 3. The van der Waals surface area contributed by atoms with Crippen molar-refractivity contribution in [2.75, 3.05) is 5.32 Å². The zero-order valence-electron chi connectivity index (χ0n) is 11.4. The Morgan fingerprint density at radius 1 is 1.38 bits per heavy atom. The Labute approximate surface area is 121 Å². The number of fused-ring (bicyclic) bond motifs is 1. The van der Waals surface area contributed by atoms with Crippen molar-refractivity contribution in [1.29, 1.82) is 0 Å². The van der Waals surface area contributed by atoms with Gasteiger partial charge in [0.1, 0.15) is 0 Å². The van der Waals surface area contributed by atoms with E-state index in [4.69, 9.17) is 0 Å². The van der Waals surface area contributed by atoms with Gasteiger partial charge in [-0.05, 0) is 19.1 Å². The summed E-state index contributed by atoms with van der Waals surface area (Å²) in [5.74, 6) is -1.05. The highest BCUT2D eigenvalue weighted by atomic mass is 16.4. The number of aromatic carboxylic acids is 1. The second kappa shape index (κ2) is 5.24. The number of hydrogen-bond acceptors (Lipinski definition) is 4. The Kier molecular flexibility index (Phi) is 3.27. The normalized spacial score (nSPS) is 10.7. The SMILES string of the molecule is CCn1cc(Nc2cc(C(=O)O)nc3ccccc23)cn1. The molecule has 6 nitrogen and oxygen atoms in total. The van der Waals surface area contributed by atoms with Crippen molar-refractivity contribution in [3.63, 3.8) is 0 Å². The van der Waals surface area contributed by atoms with Gasteiger partial charge in [0, 0.05) is 18.1 Å². The number of hydrogen-bond donors (Lipinski definition) is 2. The van der Waals surface area contributed by atoms with Crippen LogP contribution >= 0.6 is 0 Å². The van der Waals surface area contributed by atoms with E-state index in [-0.39, 0.29) is 5.69 Å². The van der Waals surface area contributed by atoms with Crippen LogP contribution in [-0.2, 0) is 6.54 Å². The van der Waals surface area contributed by atoms with E-state index in [1.54, 1.807) is 16.9 Å². The molecular weight excluding hydrogens is 268 g/mol. The summed E-state index contributed by atoms with van der Waals surface area (Å²) < 4.78 is 1.80. The highest BCUT2D eigenvalue weighted by Gasteiger charge is 2.11. The van der Waals surface area contributed by atoms with E-state index in [0.717, 1.165) is 17.6 Å². The molecule has 0 fully saturated rings. The van der Waals surface area contributed by atoms with Crippen LogP contribution in [0.3, 0.4) is 0 Å². The molecule has 3 rings (SSSR count). The fraction of sp³-hybridized carbons (Fsp3) is 0.133. The van der Waals surface area contributed by atoms with Crippen molar-refractivity contribution in [3.05, 3.63) is 48.4 Å². The van der Waals surface area contributed by atoms with Crippen LogP contribution in [0.25, 0.3) is 10.9 Å². The van der Waals surface area contributed by atoms with E-state index in [2.05, 4.69) is 15.4 Å². The summed E-state index contributed by atoms with van der Waals surface area (Å²) in [4.78, 5) is 15.3. The molecule has 2 N–H and O–H groups in total. The van der Waals surface area contributed by atoms with Gasteiger partial charge in [-0.3, -0.25) is 4.68 Å². The summed E-state index contributed by atoms with van der Waals surface area (Å²) in [6.45, 7) is 2.78. The zero-order valence-corrected chi connectivity index (χ0v) is 11.4. The second-order valence-corrected chi connectivity index (χ2v) is 4.59. The third-order valence-corrected chi connectivity index (χ3v) is 3.17. The molecule has 21 heavy (non-hydrogen) atoms. The highest BCUT2D eigenvalue weighted by Crippen LogP contribution is 2.26. The molecule has 0 atom stereocenters. The van der Waals surface area contributed by atoms with Crippen LogP contribution in [0.5, 0.6) is 0 Å². The Morgan fingerprint density at radius 2 is 2.19 bits per heavy atom. The van der Waals surface area contributed by atoms with Gasteiger partial charge in [-0.2, -0.15) is 5.10 Å². The van der Waals surface area contributed by atoms with Gasteiger partial charge in [-0.1, -0.05) is 18.2 Å². The number of pyridine rings is 1. The van der Waals surface area contributed by atoms with Crippen LogP contribution in [0.4, 0.5) is 11.4 Å². The van der Waals surface area contributed by atoms with E-state index >= 15 is 0 Å².